The van der Waals surface area contributed by atoms with Gasteiger partial charge in [-0.3, -0.25) is 9.78 Å². The third kappa shape index (κ3) is 4.18. The summed E-state index contributed by atoms with van der Waals surface area (Å²) >= 11 is 0. The van der Waals surface area contributed by atoms with Gasteiger partial charge in [-0.05, 0) is 61.8 Å². The molecule has 0 saturated heterocycles. The van der Waals surface area contributed by atoms with Crippen LogP contribution in [0.25, 0.3) is 10.9 Å². The number of ether oxygens (including phenoxy) is 1. The van der Waals surface area contributed by atoms with Crippen molar-refractivity contribution in [2.75, 3.05) is 5.32 Å². The highest BCUT2D eigenvalue weighted by Crippen LogP contribution is 2.31. The largest absolute Gasteiger partial charge is 0.449 e. The summed E-state index contributed by atoms with van der Waals surface area (Å²) in [6, 6.07) is 15.4. The minimum absolute atomic E-state index is 0.320. The van der Waals surface area contributed by atoms with Crippen LogP contribution in [0.2, 0.25) is 0 Å². The van der Waals surface area contributed by atoms with E-state index in [0.717, 1.165) is 59.1 Å². The summed E-state index contributed by atoms with van der Waals surface area (Å²) in [6.07, 6.45) is 2.70. The van der Waals surface area contributed by atoms with Crippen molar-refractivity contribution in [3.05, 3.63) is 70.9 Å². The van der Waals surface area contributed by atoms with E-state index in [-0.39, 0.29) is 5.91 Å². The molecule has 1 aromatic heterocycles. The molecule has 5 heteroatoms. The normalized spacial score (nSPS) is 14.7. The van der Waals surface area contributed by atoms with E-state index in [1.165, 1.54) is 0 Å². The molecule has 0 fully saturated rings. The topological polar surface area (TPSA) is 68.3 Å². The fourth-order valence-electron chi connectivity index (χ4n) is 4.21. The summed E-state index contributed by atoms with van der Waals surface area (Å²) in [5.74, 6) is -0.478. The van der Waals surface area contributed by atoms with Crippen molar-refractivity contribution < 1.29 is 14.3 Å². The molecule has 0 saturated carbocycles. The van der Waals surface area contributed by atoms with Crippen LogP contribution in [0, 0.1) is 0 Å². The number of hydrogen-bond donors (Lipinski definition) is 1. The first-order valence-corrected chi connectivity index (χ1v) is 11.0. The fourth-order valence-corrected chi connectivity index (χ4v) is 4.21. The van der Waals surface area contributed by atoms with Gasteiger partial charge in [0, 0.05) is 16.8 Å². The van der Waals surface area contributed by atoms with Gasteiger partial charge in [0.05, 0.1) is 11.1 Å². The van der Waals surface area contributed by atoms with Gasteiger partial charge in [-0.2, -0.15) is 0 Å². The second-order valence-electron chi connectivity index (χ2n) is 8.22. The van der Waals surface area contributed by atoms with Crippen molar-refractivity contribution in [1.29, 1.82) is 0 Å². The van der Waals surface area contributed by atoms with E-state index in [0.29, 0.717) is 11.5 Å². The fraction of sp³-hybridized carbons (Fsp3) is 0.346. The van der Waals surface area contributed by atoms with E-state index in [1.807, 2.05) is 48.5 Å². The molecule has 1 aliphatic carbocycles. The van der Waals surface area contributed by atoms with Crippen molar-refractivity contribution in [3.8, 4) is 0 Å². The highest BCUT2D eigenvalue weighted by molar-refractivity contribution is 6.06. The third-order valence-corrected chi connectivity index (χ3v) is 6.14. The highest BCUT2D eigenvalue weighted by atomic mass is 16.5. The number of esters is 1. The Morgan fingerprint density at radius 3 is 2.61 bits per heavy atom. The lowest BCUT2D eigenvalue weighted by Crippen LogP contribution is -2.30. The standard InChI is InChI=1S/C26H28N2O3/c1-4-16(2)18-10-5-7-13-21(18)28-25(29)17(3)31-26(30)24-19-11-6-8-14-22(19)27-23-15-9-12-20(23)24/h5-8,10-11,13-14,16-17H,4,9,12,15H2,1-3H3,(H,28,29)/t16-,17-/m1/s1. The zero-order valence-electron chi connectivity index (χ0n) is 18.3. The highest BCUT2D eigenvalue weighted by Gasteiger charge is 2.27. The van der Waals surface area contributed by atoms with Crippen molar-refractivity contribution in [3.63, 3.8) is 0 Å². The number of hydrogen-bond acceptors (Lipinski definition) is 4. The molecule has 31 heavy (non-hydrogen) atoms. The molecule has 2 atom stereocenters. The van der Waals surface area contributed by atoms with Crippen molar-refractivity contribution in [2.45, 2.75) is 58.5 Å². The number of amides is 1. The quantitative estimate of drug-likeness (QED) is 0.545. The van der Waals surface area contributed by atoms with Crippen LogP contribution in [-0.4, -0.2) is 23.0 Å². The second kappa shape index (κ2) is 8.88. The van der Waals surface area contributed by atoms with Crippen LogP contribution in [0.5, 0.6) is 0 Å². The van der Waals surface area contributed by atoms with E-state index in [4.69, 9.17) is 9.72 Å². The molecule has 1 heterocycles. The summed E-state index contributed by atoms with van der Waals surface area (Å²) in [5.41, 5.74) is 5.10. The molecule has 1 amide bonds. The van der Waals surface area contributed by atoms with Gasteiger partial charge in [0.1, 0.15) is 0 Å². The Morgan fingerprint density at radius 2 is 1.81 bits per heavy atom. The summed E-state index contributed by atoms with van der Waals surface area (Å²) in [7, 11) is 0. The van der Waals surface area contributed by atoms with E-state index in [2.05, 4.69) is 19.2 Å². The number of benzene rings is 2. The minimum atomic E-state index is -0.915. The zero-order chi connectivity index (χ0) is 22.0. The number of carbonyl (C=O) groups excluding carboxylic acids is 2. The first-order valence-electron chi connectivity index (χ1n) is 11.0. The molecular formula is C26H28N2O3. The molecule has 5 nitrogen and oxygen atoms in total. The Morgan fingerprint density at radius 1 is 1.06 bits per heavy atom. The van der Waals surface area contributed by atoms with Gasteiger partial charge in [-0.25, -0.2) is 4.79 Å². The summed E-state index contributed by atoms with van der Waals surface area (Å²) in [5, 5.41) is 3.72. The van der Waals surface area contributed by atoms with Gasteiger partial charge in [0.25, 0.3) is 5.91 Å². The van der Waals surface area contributed by atoms with Gasteiger partial charge >= 0.3 is 5.97 Å². The molecule has 0 bridgehead atoms. The number of carbonyl (C=O) groups is 2. The van der Waals surface area contributed by atoms with Gasteiger partial charge < -0.3 is 10.1 Å². The van der Waals surface area contributed by atoms with Crippen LogP contribution >= 0.6 is 0 Å². The molecule has 0 aliphatic heterocycles. The van der Waals surface area contributed by atoms with Crippen LogP contribution < -0.4 is 5.32 Å². The summed E-state index contributed by atoms with van der Waals surface area (Å²) < 4.78 is 5.65. The lowest BCUT2D eigenvalue weighted by Gasteiger charge is -2.19. The van der Waals surface area contributed by atoms with E-state index in [1.54, 1.807) is 6.92 Å². The van der Waals surface area contributed by atoms with Gasteiger partial charge in [0.2, 0.25) is 0 Å². The van der Waals surface area contributed by atoms with Crippen molar-refractivity contribution >= 4 is 28.5 Å². The molecule has 1 N–H and O–H groups in total. The number of para-hydroxylation sites is 2. The number of aromatic nitrogens is 1. The minimum Gasteiger partial charge on any atom is -0.449 e. The lowest BCUT2D eigenvalue weighted by atomic mass is 9.97. The van der Waals surface area contributed by atoms with Crippen LogP contribution in [-0.2, 0) is 22.4 Å². The summed E-state index contributed by atoms with van der Waals surface area (Å²) in [6.45, 7) is 5.86. The third-order valence-electron chi connectivity index (χ3n) is 6.14. The monoisotopic (exact) mass is 416 g/mol. The maximum Gasteiger partial charge on any atom is 0.339 e. The smallest absolute Gasteiger partial charge is 0.339 e. The van der Waals surface area contributed by atoms with Crippen molar-refractivity contribution in [1.82, 2.24) is 4.98 Å². The molecule has 1 aliphatic rings. The summed E-state index contributed by atoms with van der Waals surface area (Å²) in [4.78, 5) is 30.7. The molecule has 160 valence electrons. The predicted molar refractivity (Wildman–Crippen MR) is 122 cm³/mol. The zero-order valence-corrected chi connectivity index (χ0v) is 18.3. The maximum atomic E-state index is 13.2. The Kier molecular flexibility index (Phi) is 6.03. The van der Waals surface area contributed by atoms with E-state index >= 15 is 0 Å². The number of pyridine rings is 1. The lowest BCUT2D eigenvalue weighted by molar-refractivity contribution is -0.123. The average Bonchev–Trinajstić information content (AvgIpc) is 3.25. The Bertz CT molecular complexity index is 1140. The Balaban J connectivity index is 1.56. The number of fused-ring (bicyclic) bond motifs is 2. The Labute approximate surface area is 182 Å². The first kappa shape index (κ1) is 21.0. The van der Waals surface area contributed by atoms with Gasteiger partial charge in [-0.1, -0.05) is 50.2 Å². The second-order valence-corrected chi connectivity index (χ2v) is 8.22. The van der Waals surface area contributed by atoms with Crippen molar-refractivity contribution in [2.24, 2.45) is 0 Å². The van der Waals surface area contributed by atoms with Gasteiger partial charge in [-0.15, -0.1) is 0 Å². The van der Waals surface area contributed by atoms with Gasteiger partial charge in [0.15, 0.2) is 6.10 Å². The van der Waals surface area contributed by atoms with E-state index < -0.39 is 12.1 Å². The maximum absolute atomic E-state index is 13.2. The van der Waals surface area contributed by atoms with Crippen LogP contribution in [0.4, 0.5) is 5.69 Å². The van der Waals surface area contributed by atoms with Crippen LogP contribution in [0.15, 0.2) is 48.5 Å². The SMILES string of the molecule is CC[C@@H](C)c1ccccc1NC(=O)[C@@H](C)OC(=O)c1c2c(nc3ccccc13)CCC2. The van der Waals surface area contributed by atoms with E-state index in [9.17, 15) is 9.59 Å². The molecule has 4 rings (SSSR count). The Hall–Kier alpha value is -3.21. The molecule has 0 spiro atoms. The number of nitrogens with zero attached hydrogens (tertiary/aromatic N) is 1. The number of rotatable bonds is 6. The molecule has 3 aromatic rings. The molecule has 0 unspecified atom stereocenters. The number of anilines is 1. The molecule has 0 radical (unpaired) electrons. The molecule has 2 aromatic carbocycles. The molecular weight excluding hydrogens is 388 g/mol. The van der Waals surface area contributed by atoms with Crippen LogP contribution in [0.3, 0.4) is 0 Å². The first-order chi connectivity index (χ1) is 15.0. The number of nitrogens with one attached hydrogen (secondary N) is 1. The average molecular weight is 417 g/mol. The number of aryl methyl sites for hydroxylation is 1. The predicted octanol–water partition coefficient (Wildman–Crippen LogP) is 5.42. The van der Waals surface area contributed by atoms with Crippen LogP contribution in [0.1, 0.15) is 66.7 Å².